The van der Waals surface area contributed by atoms with Crippen molar-refractivity contribution in [2.45, 2.75) is 103 Å². The molecule has 0 saturated carbocycles. The van der Waals surface area contributed by atoms with Gasteiger partial charge in [0.1, 0.15) is 0 Å². The normalized spacial score (nSPS) is 11.2. The summed E-state index contributed by atoms with van der Waals surface area (Å²) in [5, 5.41) is 12.2. The molecular weight excluding hydrogens is 358 g/mol. The Hall–Kier alpha value is -1.77. The van der Waals surface area contributed by atoms with Crippen molar-refractivity contribution in [3.8, 4) is 0 Å². The van der Waals surface area contributed by atoms with Crippen molar-refractivity contribution in [1.82, 2.24) is 0 Å². The number of hydrogen-bond donors (Lipinski definition) is 2. The Labute approximate surface area is 179 Å². The lowest BCUT2D eigenvalue weighted by atomic mass is 10.1. The summed E-state index contributed by atoms with van der Waals surface area (Å²) in [5.74, 6) is -0.783. The van der Waals surface area contributed by atoms with Crippen molar-refractivity contribution in [2.75, 3.05) is 11.9 Å². The number of carbonyl (C=O) groups is 1. The van der Waals surface area contributed by atoms with Gasteiger partial charge >= 0.3 is 5.97 Å². The van der Waals surface area contributed by atoms with Crippen LogP contribution in [0.4, 0.5) is 5.69 Å². The van der Waals surface area contributed by atoms with Gasteiger partial charge in [-0.05, 0) is 49.8 Å². The SMILES string of the molecule is CCCCCCCC/C=C/CCCCCCCCNc1ccc(CC(=O)O)cc1. The average Bonchev–Trinajstić information content (AvgIpc) is 2.71. The number of aliphatic carboxylic acids is 1. The molecule has 0 aliphatic heterocycles. The molecule has 0 saturated heterocycles. The monoisotopic (exact) mass is 401 g/mol. The van der Waals surface area contributed by atoms with Gasteiger partial charge in [0.15, 0.2) is 0 Å². The molecule has 1 aromatic carbocycles. The van der Waals surface area contributed by atoms with E-state index in [0.29, 0.717) is 0 Å². The number of unbranched alkanes of at least 4 members (excludes halogenated alkanes) is 12. The molecular formula is C26H43NO2. The second kappa shape index (κ2) is 18.3. The molecule has 2 N–H and O–H groups in total. The first-order chi connectivity index (χ1) is 14.2. The highest BCUT2D eigenvalue weighted by Crippen LogP contribution is 2.12. The quantitative estimate of drug-likeness (QED) is 0.184. The fourth-order valence-electron chi connectivity index (χ4n) is 3.52. The minimum atomic E-state index is -0.783. The molecule has 0 spiro atoms. The number of hydrogen-bond acceptors (Lipinski definition) is 2. The van der Waals surface area contributed by atoms with Crippen molar-refractivity contribution in [2.24, 2.45) is 0 Å². The van der Waals surface area contributed by atoms with Crippen molar-refractivity contribution in [3.63, 3.8) is 0 Å². The Kier molecular flexibility index (Phi) is 15.9. The molecule has 0 atom stereocenters. The lowest BCUT2D eigenvalue weighted by Gasteiger charge is -2.07. The molecule has 1 aromatic rings. The van der Waals surface area contributed by atoms with Crippen LogP contribution in [-0.4, -0.2) is 17.6 Å². The molecule has 0 radical (unpaired) electrons. The van der Waals surface area contributed by atoms with Gasteiger partial charge in [0, 0.05) is 12.2 Å². The van der Waals surface area contributed by atoms with E-state index in [1.807, 2.05) is 24.3 Å². The van der Waals surface area contributed by atoms with Gasteiger partial charge in [-0.15, -0.1) is 0 Å². The van der Waals surface area contributed by atoms with Crippen LogP contribution in [-0.2, 0) is 11.2 Å². The van der Waals surface area contributed by atoms with Crippen LogP contribution in [0.15, 0.2) is 36.4 Å². The summed E-state index contributed by atoms with van der Waals surface area (Å²) >= 11 is 0. The maximum Gasteiger partial charge on any atom is 0.307 e. The maximum atomic E-state index is 10.7. The zero-order chi connectivity index (χ0) is 21.0. The van der Waals surface area contributed by atoms with Gasteiger partial charge in [-0.25, -0.2) is 0 Å². The highest BCUT2D eigenvalue weighted by molar-refractivity contribution is 5.70. The van der Waals surface area contributed by atoms with E-state index in [2.05, 4.69) is 24.4 Å². The van der Waals surface area contributed by atoms with E-state index in [9.17, 15) is 4.79 Å². The molecule has 0 unspecified atom stereocenters. The molecule has 0 amide bonds. The van der Waals surface area contributed by atoms with Crippen molar-refractivity contribution >= 4 is 11.7 Å². The lowest BCUT2D eigenvalue weighted by molar-refractivity contribution is -0.136. The topological polar surface area (TPSA) is 49.3 Å². The Morgan fingerprint density at radius 3 is 1.86 bits per heavy atom. The molecule has 3 heteroatoms. The fourth-order valence-corrected chi connectivity index (χ4v) is 3.52. The highest BCUT2D eigenvalue weighted by atomic mass is 16.4. The van der Waals surface area contributed by atoms with Crippen molar-refractivity contribution in [1.29, 1.82) is 0 Å². The van der Waals surface area contributed by atoms with E-state index in [0.717, 1.165) is 17.8 Å². The molecule has 29 heavy (non-hydrogen) atoms. The molecule has 164 valence electrons. The second-order valence-electron chi connectivity index (χ2n) is 8.13. The van der Waals surface area contributed by atoms with Gasteiger partial charge in [0.25, 0.3) is 0 Å². The Morgan fingerprint density at radius 1 is 0.793 bits per heavy atom. The third kappa shape index (κ3) is 15.8. The number of nitrogens with one attached hydrogen (secondary N) is 1. The average molecular weight is 402 g/mol. The first-order valence-electron chi connectivity index (χ1n) is 11.9. The van der Waals surface area contributed by atoms with Crippen LogP contribution in [0.5, 0.6) is 0 Å². The van der Waals surface area contributed by atoms with Gasteiger partial charge in [-0.2, -0.15) is 0 Å². The molecule has 0 aromatic heterocycles. The lowest BCUT2D eigenvalue weighted by Crippen LogP contribution is -2.03. The molecule has 0 bridgehead atoms. The molecule has 3 nitrogen and oxygen atoms in total. The highest BCUT2D eigenvalue weighted by Gasteiger charge is 2.00. The van der Waals surface area contributed by atoms with Crippen molar-refractivity contribution < 1.29 is 9.90 Å². The van der Waals surface area contributed by atoms with Gasteiger partial charge in [-0.1, -0.05) is 89.0 Å². The minimum absolute atomic E-state index is 0.0925. The van der Waals surface area contributed by atoms with Crippen LogP contribution in [0.2, 0.25) is 0 Å². The predicted molar refractivity (Wildman–Crippen MR) is 126 cm³/mol. The third-order valence-corrected chi connectivity index (χ3v) is 5.33. The van der Waals surface area contributed by atoms with Crippen LogP contribution >= 0.6 is 0 Å². The zero-order valence-electron chi connectivity index (χ0n) is 18.6. The Balaban J connectivity index is 1.85. The number of anilines is 1. The van der Waals surface area contributed by atoms with Crippen LogP contribution in [0, 0.1) is 0 Å². The van der Waals surface area contributed by atoms with Crippen LogP contribution < -0.4 is 5.32 Å². The van der Waals surface area contributed by atoms with E-state index in [1.54, 1.807) is 0 Å². The van der Waals surface area contributed by atoms with E-state index in [1.165, 1.54) is 89.9 Å². The van der Waals surface area contributed by atoms with E-state index >= 15 is 0 Å². The van der Waals surface area contributed by atoms with Gasteiger partial charge in [0.05, 0.1) is 6.42 Å². The van der Waals surface area contributed by atoms with E-state index in [4.69, 9.17) is 5.11 Å². The van der Waals surface area contributed by atoms with E-state index < -0.39 is 5.97 Å². The number of carboxylic acids is 1. The number of benzene rings is 1. The first-order valence-corrected chi connectivity index (χ1v) is 11.9. The van der Waals surface area contributed by atoms with Crippen molar-refractivity contribution in [3.05, 3.63) is 42.0 Å². The van der Waals surface area contributed by atoms with Crippen LogP contribution in [0.25, 0.3) is 0 Å². The van der Waals surface area contributed by atoms with E-state index in [-0.39, 0.29) is 6.42 Å². The molecule has 0 aliphatic rings. The fraction of sp³-hybridized carbons (Fsp3) is 0.654. The maximum absolute atomic E-state index is 10.7. The van der Waals surface area contributed by atoms with Crippen LogP contribution in [0.3, 0.4) is 0 Å². The first kappa shape index (κ1) is 25.3. The largest absolute Gasteiger partial charge is 0.481 e. The van der Waals surface area contributed by atoms with Gasteiger partial charge in [0.2, 0.25) is 0 Å². The number of rotatable bonds is 19. The summed E-state index contributed by atoms with van der Waals surface area (Å²) in [4.78, 5) is 10.7. The summed E-state index contributed by atoms with van der Waals surface area (Å²) < 4.78 is 0. The van der Waals surface area contributed by atoms with Crippen LogP contribution in [0.1, 0.15) is 102 Å². The predicted octanol–water partition coefficient (Wildman–Crippen LogP) is 7.76. The number of carboxylic acid groups (broad SMARTS) is 1. The smallest absolute Gasteiger partial charge is 0.307 e. The molecule has 0 fully saturated rings. The zero-order valence-corrected chi connectivity index (χ0v) is 18.6. The minimum Gasteiger partial charge on any atom is -0.481 e. The molecule has 0 heterocycles. The Morgan fingerprint density at radius 2 is 1.31 bits per heavy atom. The third-order valence-electron chi connectivity index (χ3n) is 5.33. The summed E-state index contributed by atoms with van der Waals surface area (Å²) in [5.41, 5.74) is 1.92. The summed E-state index contributed by atoms with van der Waals surface area (Å²) in [6, 6.07) is 7.72. The summed E-state index contributed by atoms with van der Waals surface area (Å²) in [6.45, 7) is 3.26. The standard InChI is InChI=1S/C26H43NO2/c1-2-3-4-5-6-7-8-9-10-11-12-13-14-15-16-17-22-27-25-20-18-24(19-21-25)23-26(28)29/h9-10,18-21,27H,2-8,11-17,22-23H2,1H3,(H,28,29)/b10-9+. The molecule has 0 aliphatic carbocycles. The second-order valence-corrected chi connectivity index (χ2v) is 8.13. The summed E-state index contributed by atoms with van der Waals surface area (Å²) in [7, 11) is 0. The van der Waals surface area contributed by atoms with Gasteiger partial charge in [-0.3, -0.25) is 4.79 Å². The summed E-state index contributed by atoms with van der Waals surface area (Å²) in [6.07, 6.45) is 23.5. The number of allylic oxidation sites excluding steroid dienone is 2. The molecule has 1 rings (SSSR count). The Bertz CT molecular complexity index is 536. The van der Waals surface area contributed by atoms with Gasteiger partial charge < -0.3 is 10.4 Å².